The molecule has 18 aromatic carbocycles. The molecule has 0 unspecified atom stereocenters. The van der Waals surface area contributed by atoms with Gasteiger partial charge in [0.25, 0.3) is 0 Å². The van der Waals surface area contributed by atoms with E-state index in [2.05, 4.69) is 74.5 Å². The highest BCUT2D eigenvalue weighted by molar-refractivity contribution is 6.11. The molecular formula is C120H102O14. The summed E-state index contributed by atoms with van der Waals surface area (Å²) in [6.07, 6.45) is 0. The summed E-state index contributed by atoms with van der Waals surface area (Å²) in [6, 6.07) is 138. The summed E-state index contributed by atoms with van der Waals surface area (Å²) in [5, 5.41) is 3.99. The number of rotatable bonds is 43. The molecule has 0 aromatic heterocycles. The highest BCUT2D eigenvalue weighted by Crippen LogP contribution is 2.50. The van der Waals surface area contributed by atoms with Gasteiger partial charge in [0.15, 0.2) is 0 Å². The summed E-state index contributed by atoms with van der Waals surface area (Å²) in [5.41, 5.74) is 16.7. The van der Waals surface area contributed by atoms with Gasteiger partial charge >= 0.3 is 0 Å². The second kappa shape index (κ2) is 44.3. The van der Waals surface area contributed by atoms with E-state index < -0.39 is 0 Å². The van der Waals surface area contributed by atoms with Crippen LogP contribution in [-0.4, -0.2) is 0 Å². The molecule has 0 N–H and O–H groups in total. The Morgan fingerprint density at radius 3 is 0.448 bits per heavy atom. The maximum Gasteiger partial charge on any atom is 0.131 e. The lowest BCUT2D eigenvalue weighted by atomic mass is 9.89. The van der Waals surface area contributed by atoms with E-state index in [0.29, 0.717) is 133 Å². The number of hydrogen-bond donors (Lipinski definition) is 0. The third-order valence-electron chi connectivity index (χ3n) is 22.6. The summed E-state index contributed by atoms with van der Waals surface area (Å²) in [7, 11) is 0. The zero-order valence-electron chi connectivity index (χ0n) is 74.9. The molecular weight excluding hydrogens is 1670 g/mol. The normalized spacial score (nSPS) is 11.0. The van der Waals surface area contributed by atoms with E-state index in [1.807, 2.05) is 352 Å². The summed E-state index contributed by atoms with van der Waals surface area (Å²) >= 11 is 0. The number of benzene rings is 18. The molecule has 0 amide bonds. The highest BCUT2D eigenvalue weighted by Gasteiger charge is 2.25. The summed E-state index contributed by atoms with van der Waals surface area (Å²) in [5.74, 6) is 8.63. The molecule has 0 heterocycles. The molecule has 0 atom stereocenters. The minimum Gasteiger partial charge on any atom is -0.489 e. The second-order valence-electron chi connectivity index (χ2n) is 33.0. The Morgan fingerprint density at radius 1 is 0.134 bits per heavy atom. The van der Waals surface area contributed by atoms with Gasteiger partial charge in [-0.2, -0.15) is 0 Å². The van der Waals surface area contributed by atoms with Crippen molar-refractivity contribution >= 4 is 21.5 Å². The molecule has 0 aliphatic rings. The predicted octanol–water partition coefficient (Wildman–Crippen LogP) is 28.4. The molecule has 0 saturated heterocycles. The first-order valence-corrected chi connectivity index (χ1v) is 45.1. The van der Waals surface area contributed by atoms with Crippen molar-refractivity contribution in [2.45, 2.75) is 106 Å². The Morgan fingerprint density at radius 2 is 0.276 bits per heavy atom. The van der Waals surface area contributed by atoms with Crippen molar-refractivity contribution in [3.63, 3.8) is 0 Å². The molecule has 0 radical (unpaired) electrons. The number of fused-ring (bicyclic) bond motifs is 2. The van der Waals surface area contributed by atoms with Crippen LogP contribution in [0.1, 0.15) is 89.0 Å². The molecule has 18 aromatic rings. The van der Waals surface area contributed by atoms with Crippen LogP contribution in [0.3, 0.4) is 0 Å². The molecule has 666 valence electrons. The number of hydrogen-bond acceptors (Lipinski definition) is 14. The van der Waals surface area contributed by atoms with Crippen molar-refractivity contribution in [2.24, 2.45) is 0 Å². The van der Waals surface area contributed by atoms with Crippen LogP contribution in [0, 0.1) is 13.8 Å². The highest BCUT2D eigenvalue weighted by atomic mass is 16.5. The summed E-state index contributed by atoms with van der Waals surface area (Å²) < 4.78 is 94.9. The van der Waals surface area contributed by atoms with Crippen LogP contribution in [0.15, 0.2) is 413 Å². The van der Waals surface area contributed by atoms with Crippen LogP contribution in [0.25, 0.3) is 32.7 Å². The zero-order valence-corrected chi connectivity index (χ0v) is 74.9. The Balaban J connectivity index is 0.683. The first-order valence-electron chi connectivity index (χ1n) is 45.1. The number of aryl methyl sites for hydroxylation is 2. The van der Waals surface area contributed by atoms with Gasteiger partial charge in [-0.25, -0.2) is 0 Å². The molecule has 0 saturated carbocycles. The van der Waals surface area contributed by atoms with Crippen LogP contribution >= 0.6 is 0 Å². The van der Waals surface area contributed by atoms with Gasteiger partial charge in [-0.05, 0) is 209 Å². The van der Waals surface area contributed by atoms with Crippen LogP contribution in [-0.2, 0) is 92.5 Å². The van der Waals surface area contributed by atoms with Gasteiger partial charge in [-0.1, -0.05) is 291 Å². The van der Waals surface area contributed by atoms with Crippen molar-refractivity contribution in [3.05, 3.63) is 502 Å². The predicted molar refractivity (Wildman–Crippen MR) is 527 cm³/mol. The van der Waals surface area contributed by atoms with Gasteiger partial charge in [-0.15, -0.1) is 0 Å². The molecule has 0 spiro atoms. The Kier molecular flexibility index (Phi) is 29.2. The quantitative estimate of drug-likeness (QED) is 0.0359. The fraction of sp³-hybridized carbons (Fsp3) is 0.133. The largest absolute Gasteiger partial charge is 0.489 e. The molecule has 18 rings (SSSR count). The molecule has 0 fully saturated rings. The lowest BCUT2D eigenvalue weighted by Crippen LogP contribution is -2.05. The third-order valence-corrected chi connectivity index (χ3v) is 22.6. The summed E-state index contributed by atoms with van der Waals surface area (Å²) in [4.78, 5) is 0. The molecule has 0 bridgehead atoms. The second-order valence-corrected chi connectivity index (χ2v) is 33.0. The van der Waals surface area contributed by atoms with Crippen LogP contribution in [0.2, 0.25) is 0 Å². The van der Waals surface area contributed by atoms with Crippen LogP contribution in [0.4, 0.5) is 0 Å². The van der Waals surface area contributed by atoms with E-state index >= 15 is 0 Å². The fourth-order valence-electron chi connectivity index (χ4n) is 16.0. The average molecular weight is 1770 g/mol. The van der Waals surface area contributed by atoms with Gasteiger partial charge < -0.3 is 66.3 Å². The van der Waals surface area contributed by atoms with E-state index in [4.69, 9.17) is 66.3 Å². The lowest BCUT2D eigenvalue weighted by Gasteiger charge is -2.23. The minimum atomic E-state index is 0.0931. The zero-order chi connectivity index (χ0) is 90.7. The molecule has 0 aliphatic carbocycles. The first kappa shape index (κ1) is 88.3. The Bertz CT molecular complexity index is 5910. The van der Waals surface area contributed by atoms with E-state index in [1.165, 1.54) is 0 Å². The maximum absolute atomic E-state index is 7.50. The topological polar surface area (TPSA) is 129 Å². The van der Waals surface area contributed by atoms with Crippen molar-refractivity contribution in [2.75, 3.05) is 0 Å². The smallest absolute Gasteiger partial charge is 0.131 e. The van der Waals surface area contributed by atoms with Crippen molar-refractivity contribution < 1.29 is 66.3 Å². The van der Waals surface area contributed by atoms with E-state index in [0.717, 1.165) is 122 Å². The van der Waals surface area contributed by atoms with Gasteiger partial charge in [0.1, 0.15) is 173 Å². The monoisotopic (exact) mass is 1770 g/mol. The Hall–Kier alpha value is -16.3. The SMILES string of the molecule is Cc1cc2ccccc2c(-c2c(OCc3cc(OCc4cc(OCc5ccccc5)cc(OCc5ccccc5)c4)cc(OCc4cc(OCc5ccccc5)cc(OCc5ccccc5)c4)c3)c(C)cc3ccccc23)c1OCc1cc(OCc2cc(OCc3ccccc3)cc(OCc3ccccc3)c2)cc(OCc2cc(OCc3ccccc3)cc(OCc3ccccc3)c2)c1. The van der Waals surface area contributed by atoms with Crippen LogP contribution < -0.4 is 66.3 Å². The molecule has 0 aliphatic heterocycles. The summed E-state index contributed by atoms with van der Waals surface area (Å²) in [6.45, 7) is 7.91. The van der Waals surface area contributed by atoms with Crippen LogP contribution in [0.5, 0.6) is 80.5 Å². The van der Waals surface area contributed by atoms with Crippen molar-refractivity contribution in [3.8, 4) is 91.6 Å². The van der Waals surface area contributed by atoms with Crippen molar-refractivity contribution in [1.82, 2.24) is 0 Å². The average Bonchev–Trinajstić information content (AvgIpc) is 0.738. The lowest BCUT2D eigenvalue weighted by molar-refractivity contribution is 0.272. The van der Waals surface area contributed by atoms with E-state index in [9.17, 15) is 0 Å². The third kappa shape index (κ3) is 24.8. The van der Waals surface area contributed by atoms with E-state index in [1.54, 1.807) is 0 Å². The maximum atomic E-state index is 7.50. The number of ether oxygens (including phenoxy) is 14. The fourth-order valence-corrected chi connectivity index (χ4v) is 16.0. The van der Waals surface area contributed by atoms with Gasteiger partial charge in [0.2, 0.25) is 0 Å². The molecule has 134 heavy (non-hydrogen) atoms. The molecule has 14 heteroatoms. The van der Waals surface area contributed by atoms with Gasteiger partial charge in [0.05, 0.1) is 0 Å². The Labute approximate surface area is 782 Å². The molecule has 14 nitrogen and oxygen atoms in total. The first-order chi connectivity index (χ1) is 66.1. The van der Waals surface area contributed by atoms with Gasteiger partial charge in [0, 0.05) is 47.5 Å². The van der Waals surface area contributed by atoms with Crippen molar-refractivity contribution in [1.29, 1.82) is 0 Å². The van der Waals surface area contributed by atoms with E-state index in [-0.39, 0.29) is 39.6 Å². The van der Waals surface area contributed by atoms with Gasteiger partial charge in [-0.3, -0.25) is 0 Å². The standard InChI is InChI=1S/C120H102O14/c1-85-51-101-47-27-29-49-115(101)117(119(85)133-83-99-61-111(129-79-95-53-103(121-71-87-31-11-3-12-32-87)65-104(54-95)122-72-88-33-13-4-14-34-88)69-112(62-99)130-80-96-55-105(123-73-89-35-15-5-16-36-89)66-106(56-96)124-74-90-37-17-6-18-38-90)118-116-50-30-28-48-102(116)52-86(2)120(118)134-84-100-63-113(131-81-97-57-107(125-75-91-39-19-7-20-40-91)67-108(58-97)126-76-92-41-21-8-22-42-92)70-114(64-100)132-82-98-59-109(127-77-93-43-23-9-24-44-93)68-110(60-98)128-78-94-45-25-10-26-46-94/h3-70H,71-84H2,1-2H3. The minimum absolute atomic E-state index is 0.0931.